The van der Waals surface area contributed by atoms with Crippen LogP contribution in [0.5, 0.6) is 0 Å². The molecular weight excluding hydrogens is 174 g/mol. The summed E-state index contributed by atoms with van der Waals surface area (Å²) in [5.74, 6) is 0. The topological polar surface area (TPSA) is 28.2 Å². The average molecular weight is 193 g/mol. The van der Waals surface area contributed by atoms with Crippen LogP contribution in [0.15, 0.2) is 18.5 Å². The van der Waals surface area contributed by atoms with Gasteiger partial charge >= 0.3 is 0 Å². The molecule has 3 heteroatoms. The third-order valence-corrected chi connectivity index (χ3v) is 2.06. The van der Waals surface area contributed by atoms with Crippen molar-refractivity contribution in [3.8, 4) is 0 Å². The van der Waals surface area contributed by atoms with E-state index in [0.717, 1.165) is 6.54 Å². The Labute approximate surface area is 86.2 Å². The number of hydrogen-bond donors (Lipinski definition) is 1. The number of nitrogens with one attached hydrogen (secondary N) is 1. The highest BCUT2D eigenvalue weighted by molar-refractivity contribution is 5.50. The van der Waals surface area contributed by atoms with Crippen molar-refractivity contribution in [1.29, 1.82) is 0 Å². The molecule has 0 aliphatic carbocycles. The van der Waals surface area contributed by atoms with Gasteiger partial charge in [-0.1, -0.05) is 13.8 Å². The average Bonchev–Trinajstić information content (AvgIpc) is 2.15. The Kier molecular flexibility index (Phi) is 3.89. The molecule has 0 amide bonds. The molecule has 0 saturated heterocycles. The van der Waals surface area contributed by atoms with Crippen molar-refractivity contribution in [2.24, 2.45) is 0 Å². The molecule has 3 nitrogen and oxygen atoms in total. The Balaban J connectivity index is 2.74. The lowest BCUT2D eigenvalue weighted by Crippen LogP contribution is -2.23. The zero-order valence-corrected chi connectivity index (χ0v) is 9.41. The standard InChI is InChI=1S/C11H19N3/c1-9(2)13-8-10-7-12-6-5-11(10)14(3)4/h5-7,9,13H,8H2,1-4H3. The Hall–Kier alpha value is -1.09. The fourth-order valence-corrected chi connectivity index (χ4v) is 1.31. The molecule has 0 fully saturated rings. The van der Waals surface area contributed by atoms with Crippen molar-refractivity contribution in [3.05, 3.63) is 24.0 Å². The van der Waals surface area contributed by atoms with Gasteiger partial charge in [0.05, 0.1) is 0 Å². The van der Waals surface area contributed by atoms with E-state index in [0.29, 0.717) is 6.04 Å². The molecule has 0 aliphatic heterocycles. The van der Waals surface area contributed by atoms with Crippen LogP contribution in [0.2, 0.25) is 0 Å². The third-order valence-electron chi connectivity index (χ3n) is 2.06. The van der Waals surface area contributed by atoms with E-state index in [1.54, 1.807) is 0 Å². The monoisotopic (exact) mass is 193 g/mol. The summed E-state index contributed by atoms with van der Waals surface area (Å²) in [7, 11) is 4.10. The molecule has 0 saturated carbocycles. The lowest BCUT2D eigenvalue weighted by molar-refractivity contribution is 0.588. The first kappa shape index (κ1) is 11.0. The van der Waals surface area contributed by atoms with Crippen LogP contribution < -0.4 is 10.2 Å². The SMILES string of the molecule is CC(C)NCc1cnccc1N(C)C. The molecule has 0 atom stereocenters. The number of pyridine rings is 1. The summed E-state index contributed by atoms with van der Waals surface area (Å²) in [6, 6.07) is 2.54. The Morgan fingerprint density at radius 2 is 2.14 bits per heavy atom. The van der Waals surface area contributed by atoms with Crippen LogP contribution in [0.4, 0.5) is 5.69 Å². The van der Waals surface area contributed by atoms with E-state index in [-0.39, 0.29) is 0 Å². The van der Waals surface area contributed by atoms with Crippen LogP contribution >= 0.6 is 0 Å². The predicted octanol–water partition coefficient (Wildman–Crippen LogP) is 1.65. The molecule has 1 rings (SSSR count). The van der Waals surface area contributed by atoms with Crippen LogP contribution in [0.25, 0.3) is 0 Å². The van der Waals surface area contributed by atoms with Gasteiger partial charge in [-0.2, -0.15) is 0 Å². The molecule has 78 valence electrons. The first-order valence-corrected chi connectivity index (χ1v) is 4.95. The second-order valence-corrected chi connectivity index (χ2v) is 3.93. The minimum atomic E-state index is 0.505. The zero-order chi connectivity index (χ0) is 10.6. The smallest absolute Gasteiger partial charge is 0.0437 e. The van der Waals surface area contributed by atoms with Crippen LogP contribution in [-0.2, 0) is 6.54 Å². The summed E-state index contributed by atoms with van der Waals surface area (Å²) in [5, 5.41) is 3.39. The van der Waals surface area contributed by atoms with Crippen LogP contribution in [0.3, 0.4) is 0 Å². The van der Waals surface area contributed by atoms with E-state index in [1.807, 2.05) is 32.6 Å². The highest BCUT2D eigenvalue weighted by Crippen LogP contribution is 2.16. The van der Waals surface area contributed by atoms with Gasteiger partial charge in [-0.25, -0.2) is 0 Å². The van der Waals surface area contributed by atoms with Crippen molar-refractivity contribution < 1.29 is 0 Å². The molecule has 0 bridgehead atoms. The van der Waals surface area contributed by atoms with Gasteiger partial charge in [0.15, 0.2) is 0 Å². The molecular formula is C11H19N3. The van der Waals surface area contributed by atoms with Crippen molar-refractivity contribution in [1.82, 2.24) is 10.3 Å². The normalized spacial score (nSPS) is 10.6. The fourth-order valence-electron chi connectivity index (χ4n) is 1.31. The van der Waals surface area contributed by atoms with Gasteiger partial charge in [-0.3, -0.25) is 4.98 Å². The predicted molar refractivity (Wildman–Crippen MR) is 60.5 cm³/mol. The molecule has 14 heavy (non-hydrogen) atoms. The van der Waals surface area contributed by atoms with Gasteiger partial charge in [0.25, 0.3) is 0 Å². The van der Waals surface area contributed by atoms with Crippen molar-refractivity contribution in [2.75, 3.05) is 19.0 Å². The Morgan fingerprint density at radius 3 is 2.71 bits per heavy atom. The Bertz CT molecular complexity index is 282. The van der Waals surface area contributed by atoms with Crippen LogP contribution in [0, 0.1) is 0 Å². The molecule has 1 aromatic heterocycles. The largest absolute Gasteiger partial charge is 0.377 e. The zero-order valence-electron chi connectivity index (χ0n) is 9.41. The fraction of sp³-hybridized carbons (Fsp3) is 0.545. The summed E-state index contributed by atoms with van der Waals surface area (Å²) < 4.78 is 0. The number of anilines is 1. The molecule has 0 unspecified atom stereocenters. The molecule has 0 spiro atoms. The number of aromatic nitrogens is 1. The lowest BCUT2D eigenvalue weighted by atomic mass is 10.2. The number of nitrogens with zero attached hydrogens (tertiary/aromatic N) is 2. The summed E-state index contributed by atoms with van der Waals surface area (Å²) in [4.78, 5) is 6.25. The van der Waals surface area contributed by atoms with E-state index in [4.69, 9.17) is 0 Å². The number of rotatable bonds is 4. The molecule has 1 aromatic rings. The highest BCUT2D eigenvalue weighted by Gasteiger charge is 2.03. The van der Waals surface area contributed by atoms with E-state index in [1.165, 1.54) is 11.3 Å². The molecule has 1 heterocycles. The third kappa shape index (κ3) is 3.00. The van der Waals surface area contributed by atoms with Gasteiger partial charge in [0, 0.05) is 50.3 Å². The highest BCUT2D eigenvalue weighted by atomic mass is 15.1. The first-order chi connectivity index (χ1) is 6.61. The second-order valence-electron chi connectivity index (χ2n) is 3.93. The summed E-state index contributed by atoms with van der Waals surface area (Å²) in [6.45, 7) is 5.16. The maximum atomic E-state index is 4.14. The second kappa shape index (κ2) is 4.96. The number of hydrogen-bond acceptors (Lipinski definition) is 3. The first-order valence-electron chi connectivity index (χ1n) is 4.95. The van der Waals surface area contributed by atoms with Gasteiger partial charge in [-0.05, 0) is 6.07 Å². The van der Waals surface area contributed by atoms with Crippen molar-refractivity contribution in [2.45, 2.75) is 26.4 Å². The van der Waals surface area contributed by atoms with Crippen molar-refractivity contribution in [3.63, 3.8) is 0 Å². The quantitative estimate of drug-likeness (QED) is 0.788. The lowest BCUT2D eigenvalue weighted by Gasteiger charge is -2.17. The van der Waals surface area contributed by atoms with Gasteiger partial charge < -0.3 is 10.2 Å². The summed E-state index contributed by atoms with van der Waals surface area (Å²) in [6.07, 6.45) is 3.75. The minimum absolute atomic E-state index is 0.505. The Morgan fingerprint density at radius 1 is 1.43 bits per heavy atom. The van der Waals surface area contributed by atoms with Crippen LogP contribution in [-0.4, -0.2) is 25.1 Å². The summed E-state index contributed by atoms with van der Waals surface area (Å²) in [5.41, 5.74) is 2.47. The van der Waals surface area contributed by atoms with Crippen LogP contribution in [0.1, 0.15) is 19.4 Å². The van der Waals surface area contributed by atoms with Gasteiger partial charge in [0.1, 0.15) is 0 Å². The molecule has 1 N–H and O–H groups in total. The molecule has 0 radical (unpaired) electrons. The van der Waals surface area contributed by atoms with E-state index < -0.39 is 0 Å². The van der Waals surface area contributed by atoms with Gasteiger partial charge in [0.2, 0.25) is 0 Å². The molecule has 0 aromatic carbocycles. The minimum Gasteiger partial charge on any atom is -0.377 e. The van der Waals surface area contributed by atoms with Crippen molar-refractivity contribution >= 4 is 5.69 Å². The summed E-state index contributed by atoms with van der Waals surface area (Å²) >= 11 is 0. The van der Waals surface area contributed by atoms with E-state index in [2.05, 4.69) is 29.0 Å². The van der Waals surface area contributed by atoms with Gasteiger partial charge in [-0.15, -0.1) is 0 Å². The van der Waals surface area contributed by atoms with E-state index in [9.17, 15) is 0 Å². The molecule has 0 aliphatic rings. The maximum absolute atomic E-state index is 4.14. The maximum Gasteiger partial charge on any atom is 0.0437 e. The van der Waals surface area contributed by atoms with E-state index >= 15 is 0 Å².